The smallest absolute Gasteiger partial charge is 0.242 e. The van der Waals surface area contributed by atoms with Crippen LogP contribution in [0.25, 0.3) is 0 Å². The molecule has 0 bridgehead atoms. The first-order chi connectivity index (χ1) is 13.9. The minimum Gasteiger partial charge on any atom is -0.494 e. The van der Waals surface area contributed by atoms with Gasteiger partial charge in [-0.15, -0.1) is 24.0 Å². The molecule has 0 aliphatic heterocycles. The first kappa shape index (κ1) is 26.2. The summed E-state index contributed by atoms with van der Waals surface area (Å²) in [6, 6.07) is 16.6. The third kappa shape index (κ3) is 8.11. The van der Waals surface area contributed by atoms with Crippen molar-refractivity contribution >= 4 is 40.0 Å². The Kier molecular flexibility index (Phi) is 11.7. The van der Waals surface area contributed by atoms with Gasteiger partial charge in [0.05, 0.1) is 18.0 Å². The Morgan fingerprint density at radius 1 is 1.03 bits per heavy atom. The summed E-state index contributed by atoms with van der Waals surface area (Å²) in [4.78, 5) is 4.82. The number of aliphatic imine (C=N–C) groups is 1. The number of sulfonamides is 1. The molecule has 2 aromatic rings. The maximum absolute atomic E-state index is 12.5. The average molecular weight is 546 g/mol. The molecule has 2 aromatic carbocycles. The summed E-state index contributed by atoms with van der Waals surface area (Å²) in [7, 11) is -0.459. The Morgan fingerprint density at radius 2 is 1.70 bits per heavy atom. The van der Waals surface area contributed by atoms with Crippen LogP contribution in [0.2, 0.25) is 0 Å². The fraction of sp³-hybridized carbons (Fsp3) is 0.381. The Morgan fingerprint density at radius 3 is 2.37 bits per heavy atom. The van der Waals surface area contributed by atoms with Gasteiger partial charge in [0.1, 0.15) is 5.75 Å². The molecule has 0 amide bonds. The Hall–Kier alpha value is -1.85. The van der Waals surface area contributed by atoms with E-state index in [1.165, 1.54) is 18.4 Å². The molecule has 0 aromatic heterocycles. The molecule has 0 atom stereocenters. The van der Waals surface area contributed by atoms with E-state index in [4.69, 9.17) is 4.74 Å². The topological polar surface area (TPSA) is 83.0 Å². The second-order valence-corrected chi connectivity index (χ2v) is 8.65. The van der Waals surface area contributed by atoms with E-state index in [1.54, 1.807) is 18.2 Å². The van der Waals surface area contributed by atoms with Crippen LogP contribution in [0.3, 0.4) is 0 Å². The molecule has 0 spiro atoms. The van der Waals surface area contributed by atoms with E-state index in [0.29, 0.717) is 31.2 Å². The highest BCUT2D eigenvalue weighted by Crippen LogP contribution is 2.19. The van der Waals surface area contributed by atoms with Crippen LogP contribution >= 0.6 is 24.0 Å². The third-order valence-corrected chi connectivity index (χ3v) is 6.02. The van der Waals surface area contributed by atoms with E-state index in [2.05, 4.69) is 15.6 Å². The maximum Gasteiger partial charge on any atom is 0.242 e. The van der Waals surface area contributed by atoms with Crippen LogP contribution in [0, 0.1) is 0 Å². The standard InChI is InChI=1S/C21H30N4O3S.HI/c1-4-22-21(23-15-10-16-28-19-12-6-5-7-13-19)24-17-18-11-8-9-14-20(18)29(26,27)25(2)3;/h5-9,11-14H,4,10,15-17H2,1-3H3,(H2,22,23,24);1H. The number of rotatable bonds is 10. The predicted octanol–water partition coefficient (Wildman–Crippen LogP) is 3.08. The summed E-state index contributed by atoms with van der Waals surface area (Å²) >= 11 is 0. The van der Waals surface area contributed by atoms with Crippen molar-refractivity contribution in [2.75, 3.05) is 33.8 Å². The zero-order valence-corrected chi connectivity index (χ0v) is 20.8. The lowest BCUT2D eigenvalue weighted by atomic mass is 10.2. The molecule has 0 unspecified atom stereocenters. The molecule has 0 heterocycles. The van der Waals surface area contributed by atoms with Crippen LogP contribution in [0.4, 0.5) is 0 Å². The van der Waals surface area contributed by atoms with Gasteiger partial charge >= 0.3 is 0 Å². The molecule has 0 aliphatic rings. The van der Waals surface area contributed by atoms with E-state index >= 15 is 0 Å². The molecular weight excluding hydrogens is 515 g/mol. The van der Waals surface area contributed by atoms with Crippen molar-refractivity contribution in [1.82, 2.24) is 14.9 Å². The SMILES string of the molecule is CCNC(=NCc1ccccc1S(=O)(=O)N(C)C)NCCCOc1ccccc1.I. The summed E-state index contributed by atoms with van der Waals surface area (Å²) in [5.74, 6) is 1.50. The second kappa shape index (κ2) is 13.5. The number of ether oxygens (including phenoxy) is 1. The van der Waals surface area contributed by atoms with Crippen molar-refractivity contribution < 1.29 is 13.2 Å². The molecule has 2 N–H and O–H groups in total. The minimum absolute atomic E-state index is 0. The number of nitrogens with zero attached hydrogens (tertiary/aromatic N) is 2. The number of hydrogen-bond donors (Lipinski definition) is 2. The lowest BCUT2D eigenvalue weighted by Gasteiger charge is -2.15. The zero-order chi connectivity index (χ0) is 21.1. The van der Waals surface area contributed by atoms with Gasteiger partial charge in [-0.1, -0.05) is 36.4 Å². The molecule has 0 fully saturated rings. The van der Waals surface area contributed by atoms with Gasteiger partial charge in [0, 0.05) is 27.2 Å². The van der Waals surface area contributed by atoms with Crippen molar-refractivity contribution in [1.29, 1.82) is 0 Å². The number of nitrogens with one attached hydrogen (secondary N) is 2. The van der Waals surface area contributed by atoms with Crippen molar-refractivity contribution in [3.63, 3.8) is 0 Å². The zero-order valence-electron chi connectivity index (χ0n) is 17.7. The van der Waals surface area contributed by atoms with Crippen molar-refractivity contribution in [2.45, 2.75) is 24.8 Å². The molecule has 30 heavy (non-hydrogen) atoms. The summed E-state index contributed by atoms with van der Waals surface area (Å²) < 4.78 is 31.9. The molecule has 7 nitrogen and oxygen atoms in total. The average Bonchev–Trinajstić information content (AvgIpc) is 2.72. The molecule has 0 saturated carbocycles. The predicted molar refractivity (Wildman–Crippen MR) is 132 cm³/mol. The summed E-state index contributed by atoms with van der Waals surface area (Å²) in [5, 5.41) is 6.44. The van der Waals surface area contributed by atoms with Crippen molar-refractivity contribution in [2.24, 2.45) is 4.99 Å². The van der Waals surface area contributed by atoms with Gasteiger partial charge in [0.25, 0.3) is 0 Å². The highest BCUT2D eigenvalue weighted by molar-refractivity contribution is 14.0. The number of para-hydroxylation sites is 1. The monoisotopic (exact) mass is 546 g/mol. The van der Waals surface area contributed by atoms with Crippen LogP contribution in [0.1, 0.15) is 18.9 Å². The lowest BCUT2D eigenvalue weighted by molar-refractivity contribution is 0.311. The van der Waals surface area contributed by atoms with Crippen LogP contribution in [0.15, 0.2) is 64.5 Å². The van der Waals surface area contributed by atoms with Gasteiger partial charge in [0.2, 0.25) is 10.0 Å². The molecule has 0 radical (unpaired) electrons. The normalized spacial score (nSPS) is 11.7. The minimum atomic E-state index is -3.51. The first-order valence-electron chi connectivity index (χ1n) is 9.65. The number of hydrogen-bond acceptors (Lipinski definition) is 4. The number of guanidine groups is 1. The summed E-state index contributed by atoms with van der Waals surface area (Å²) in [6.07, 6.45) is 0.810. The lowest BCUT2D eigenvalue weighted by Crippen LogP contribution is -2.38. The molecule has 0 saturated heterocycles. The molecule has 2 rings (SSSR count). The van der Waals surface area contributed by atoms with Crippen LogP contribution in [0.5, 0.6) is 5.75 Å². The van der Waals surface area contributed by atoms with Gasteiger partial charge in [0.15, 0.2) is 5.96 Å². The number of halogens is 1. The Bertz CT molecular complexity index is 890. The Labute approximate surface area is 197 Å². The van der Waals surface area contributed by atoms with E-state index in [9.17, 15) is 8.42 Å². The second-order valence-electron chi connectivity index (χ2n) is 6.53. The van der Waals surface area contributed by atoms with Gasteiger partial charge in [-0.25, -0.2) is 17.7 Å². The van der Waals surface area contributed by atoms with E-state index < -0.39 is 10.0 Å². The summed E-state index contributed by atoms with van der Waals surface area (Å²) in [6.45, 7) is 4.25. The number of benzene rings is 2. The third-order valence-electron chi connectivity index (χ3n) is 4.11. The first-order valence-corrected chi connectivity index (χ1v) is 11.1. The maximum atomic E-state index is 12.5. The quantitative estimate of drug-likeness (QED) is 0.207. The highest BCUT2D eigenvalue weighted by Gasteiger charge is 2.20. The van der Waals surface area contributed by atoms with E-state index in [0.717, 1.165) is 12.2 Å². The van der Waals surface area contributed by atoms with Crippen LogP contribution < -0.4 is 15.4 Å². The van der Waals surface area contributed by atoms with Gasteiger partial charge in [-0.3, -0.25) is 0 Å². The van der Waals surface area contributed by atoms with Crippen LogP contribution in [-0.2, 0) is 16.6 Å². The fourth-order valence-corrected chi connectivity index (χ4v) is 3.68. The van der Waals surface area contributed by atoms with Gasteiger partial charge in [-0.05, 0) is 37.1 Å². The van der Waals surface area contributed by atoms with Gasteiger partial charge < -0.3 is 15.4 Å². The molecular formula is C21H31IN4O3S. The molecule has 0 aliphatic carbocycles. The van der Waals surface area contributed by atoms with Crippen molar-refractivity contribution in [3.8, 4) is 5.75 Å². The molecule has 9 heteroatoms. The molecule has 166 valence electrons. The van der Waals surface area contributed by atoms with E-state index in [-0.39, 0.29) is 35.4 Å². The van der Waals surface area contributed by atoms with E-state index in [1.807, 2.05) is 43.3 Å². The summed E-state index contributed by atoms with van der Waals surface area (Å²) in [5.41, 5.74) is 0.658. The van der Waals surface area contributed by atoms with Crippen molar-refractivity contribution in [3.05, 3.63) is 60.2 Å². The fourth-order valence-electron chi connectivity index (χ4n) is 2.57. The largest absolute Gasteiger partial charge is 0.494 e. The van der Waals surface area contributed by atoms with Crippen LogP contribution in [-0.4, -0.2) is 52.5 Å². The highest BCUT2D eigenvalue weighted by atomic mass is 127. The van der Waals surface area contributed by atoms with Gasteiger partial charge in [-0.2, -0.15) is 0 Å². The Balaban J connectivity index is 0.00000450.